The maximum Gasteiger partial charge on any atom is 0.226 e. The highest BCUT2D eigenvalue weighted by Gasteiger charge is 2.21. The van der Waals surface area contributed by atoms with Gasteiger partial charge in [-0.3, -0.25) is 9.59 Å². The molecule has 1 aromatic carbocycles. The standard InChI is InChI=1S/C17H24N2O4/c1-13(20)19(12-16-4-3-11-23-16)10-9-17(21)18-14-5-7-15(22-2)8-6-14/h5-8,16H,3-4,9-12H2,1-2H3,(H,18,21). The van der Waals surface area contributed by atoms with Crippen molar-refractivity contribution in [2.45, 2.75) is 32.3 Å². The van der Waals surface area contributed by atoms with Crippen LogP contribution in [0.25, 0.3) is 0 Å². The van der Waals surface area contributed by atoms with Gasteiger partial charge in [-0.25, -0.2) is 0 Å². The molecule has 1 fully saturated rings. The fourth-order valence-electron chi connectivity index (χ4n) is 2.55. The summed E-state index contributed by atoms with van der Waals surface area (Å²) in [6.45, 7) is 3.24. The third kappa shape index (κ3) is 5.56. The molecule has 1 aliphatic heterocycles. The number of hydrogen-bond acceptors (Lipinski definition) is 4. The van der Waals surface area contributed by atoms with Gasteiger partial charge in [0, 0.05) is 38.7 Å². The first-order valence-corrected chi connectivity index (χ1v) is 7.89. The van der Waals surface area contributed by atoms with E-state index in [2.05, 4.69) is 5.32 Å². The van der Waals surface area contributed by atoms with Gasteiger partial charge in [-0.05, 0) is 37.1 Å². The first kappa shape index (κ1) is 17.3. The SMILES string of the molecule is COc1ccc(NC(=O)CCN(CC2CCCO2)C(C)=O)cc1. The molecule has 126 valence electrons. The summed E-state index contributed by atoms with van der Waals surface area (Å²) in [6, 6.07) is 7.14. The van der Waals surface area contributed by atoms with E-state index in [9.17, 15) is 9.59 Å². The Bertz CT molecular complexity index is 524. The average Bonchev–Trinajstić information content (AvgIpc) is 3.05. The van der Waals surface area contributed by atoms with E-state index in [0.29, 0.717) is 18.8 Å². The Hall–Kier alpha value is -2.08. The van der Waals surface area contributed by atoms with Crippen molar-refractivity contribution in [3.05, 3.63) is 24.3 Å². The molecule has 0 bridgehead atoms. The number of carbonyl (C=O) groups excluding carboxylic acids is 2. The van der Waals surface area contributed by atoms with Gasteiger partial charge >= 0.3 is 0 Å². The van der Waals surface area contributed by atoms with Crippen molar-refractivity contribution in [2.75, 3.05) is 32.1 Å². The lowest BCUT2D eigenvalue weighted by molar-refractivity contribution is -0.130. The Kier molecular flexibility index (Phi) is 6.40. The molecule has 2 amide bonds. The zero-order valence-electron chi connectivity index (χ0n) is 13.7. The predicted molar refractivity (Wildman–Crippen MR) is 87.5 cm³/mol. The maximum atomic E-state index is 12.0. The first-order chi connectivity index (χ1) is 11.1. The summed E-state index contributed by atoms with van der Waals surface area (Å²) < 4.78 is 10.6. The van der Waals surface area contributed by atoms with Gasteiger partial charge in [0.25, 0.3) is 0 Å². The molecule has 0 spiro atoms. The number of nitrogens with zero attached hydrogens (tertiary/aromatic N) is 1. The van der Waals surface area contributed by atoms with Gasteiger partial charge in [0.2, 0.25) is 11.8 Å². The second kappa shape index (κ2) is 8.53. The largest absolute Gasteiger partial charge is 0.497 e. The van der Waals surface area contributed by atoms with E-state index in [-0.39, 0.29) is 24.3 Å². The monoisotopic (exact) mass is 320 g/mol. The molecule has 0 radical (unpaired) electrons. The van der Waals surface area contributed by atoms with Crippen molar-refractivity contribution >= 4 is 17.5 Å². The molecule has 0 saturated carbocycles. The average molecular weight is 320 g/mol. The number of anilines is 1. The fraction of sp³-hybridized carbons (Fsp3) is 0.529. The molecular weight excluding hydrogens is 296 g/mol. The number of benzene rings is 1. The zero-order chi connectivity index (χ0) is 16.7. The molecule has 0 aliphatic carbocycles. The summed E-state index contributed by atoms with van der Waals surface area (Å²) in [5.74, 6) is 0.592. The lowest BCUT2D eigenvalue weighted by atomic mass is 10.2. The van der Waals surface area contributed by atoms with Crippen LogP contribution in [0.2, 0.25) is 0 Å². The topological polar surface area (TPSA) is 67.9 Å². The van der Waals surface area contributed by atoms with Crippen LogP contribution in [0.15, 0.2) is 24.3 Å². The van der Waals surface area contributed by atoms with Crippen LogP contribution < -0.4 is 10.1 Å². The van der Waals surface area contributed by atoms with E-state index in [0.717, 1.165) is 25.2 Å². The van der Waals surface area contributed by atoms with Gasteiger partial charge in [0.15, 0.2) is 0 Å². The number of rotatable bonds is 7. The van der Waals surface area contributed by atoms with Crippen LogP contribution in [0.5, 0.6) is 5.75 Å². The Morgan fingerprint density at radius 3 is 2.65 bits per heavy atom. The van der Waals surface area contributed by atoms with Crippen molar-refractivity contribution in [3.63, 3.8) is 0 Å². The third-order valence-electron chi connectivity index (χ3n) is 3.88. The Balaban J connectivity index is 1.79. The molecule has 1 heterocycles. The predicted octanol–water partition coefficient (Wildman–Crippen LogP) is 2.05. The molecular formula is C17H24N2O4. The normalized spacial score (nSPS) is 16.9. The second-order valence-corrected chi connectivity index (χ2v) is 5.63. The lowest BCUT2D eigenvalue weighted by Gasteiger charge is -2.23. The molecule has 6 heteroatoms. The number of carbonyl (C=O) groups is 2. The van der Waals surface area contributed by atoms with Crippen molar-refractivity contribution in [2.24, 2.45) is 0 Å². The molecule has 1 atom stereocenters. The minimum atomic E-state index is -0.117. The summed E-state index contributed by atoms with van der Waals surface area (Å²) in [5.41, 5.74) is 0.712. The van der Waals surface area contributed by atoms with Crippen LogP contribution >= 0.6 is 0 Å². The molecule has 0 aromatic heterocycles. The summed E-state index contributed by atoms with van der Waals surface area (Å²) in [4.78, 5) is 25.4. The van der Waals surface area contributed by atoms with Crippen LogP contribution in [0, 0.1) is 0 Å². The highest BCUT2D eigenvalue weighted by molar-refractivity contribution is 5.91. The maximum absolute atomic E-state index is 12.0. The molecule has 1 unspecified atom stereocenters. The van der Waals surface area contributed by atoms with Crippen LogP contribution in [0.3, 0.4) is 0 Å². The molecule has 2 rings (SSSR count). The van der Waals surface area contributed by atoms with E-state index in [1.165, 1.54) is 6.92 Å². The summed E-state index contributed by atoms with van der Waals surface area (Å²) in [5, 5.41) is 2.82. The van der Waals surface area contributed by atoms with Gasteiger partial charge in [0.05, 0.1) is 13.2 Å². The quantitative estimate of drug-likeness (QED) is 0.835. The molecule has 6 nitrogen and oxygen atoms in total. The Morgan fingerprint density at radius 2 is 2.09 bits per heavy atom. The number of nitrogens with one attached hydrogen (secondary N) is 1. The van der Waals surface area contributed by atoms with Gasteiger partial charge in [-0.1, -0.05) is 0 Å². The van der Waals surface area contributed by atoms with E-state index in [1.807, 2.05) is 0 Å². The van der Waals surface area contributed by atoms with E-state index < -0.39 is 0 Å². The Labute approximate surface area is 136 Å². The number of methoxy groups -OCH3 is 1. The van der Waals surface area contributed by atoms with Gasteiger partial charge in [0.1, 0.15) is 5.75 Å². The lowest BCUT2D eigenvalue weighted by Crippen LogP contribution is -2.37. The van der Waals surface area contributed by atoms with Crippen molar-refractivity contribution in [1.82, 2.24) is 4.90 Å². The van der Waals surface area contributed by atoms with Crippen molar-refractivity contribution in [1.29, 1.82) is 0 Å². The van der Waals surface area contributed by atoms with E-state index in [4.69, 9.17) is 9.47 Å². The molecule has 1 N–H and O–H groups in total. The minimum absolute atomic E-state index is 0.0299. The number of hydrogen-bond donors (Lipinski definition) is 1. The molecule has 1 aliphatic rings. The summed E-state index contributed by atoms with van der Waals surface area (Å²) >= 11 is 0. The van der Waals surface area contributed by atoms with Crippen molar-refractivity contribution in [3.8, 4) is 5.75 Å². The van der Waals surface area contributed by atoms with Crippen molar-refractivity contribution < 1.29 is 19.1 Å². The van der Waals surface area contributed by atoms with E-state index >= 15 is 0 Å². The molecule has 1 aromatic rings. The van der Waals surface area contributed by atoms with Crippen LogP contribution in [0.1, 0.15) is 26.2 Å². The summed E-state index contributed by atoms with van der Waals surface area (Å²) in [7, 11) is 1.60. The highest BCUT2D eigenvalue weighted by Crippen LogP contribution is 2.16. The highest BCUT2D eigenvalue weighted by atomic mass is 16.5. The smallest absolute Gasteiger partial charge is 0.226 e. The zero-order valence-corrected chi connectivity index (χ0v) is 13.7. The number of ether oxygens (including phenoxy) is 2. The third-order valence-corrected chi connectivity index (χ3v) is 3.88. The van der Waals surface area contributed by atoms with Crippen LogP contribution in [-0.4, -0.2) is 49.6 Å². The fourth-order valence-corrected chi connectivity index (χ4v) is 2.55. The van der Waals surface area contributed by atoms with E-state index in [1.54, 1.807) is 36.3 Å². The molecule has 23 heavy (non-hydrogen) atoms. The van der Waals surface area contributed by atoms with Gasteiger partial charge < -0.3 is 19.7 Å². The van der Waals surface area contributed by atoms with Gasteiger partial charge in [-0.2, -0.15) is 0 Å². The number of amides is 2. The second-order valence-electron chi connectivity index (χ2n) is 5.63. The van der Waals surface area contributed by atoms with Crippen LogP contribution in [0.4, 0.5) is 5.69 Å². The first-order valence-electron chi connectivity index (χ1n) is 7.89. The molecule has 1 saturated heterocycles. The summed E-state index contributed by atoms with van der Waals surface area (Å²) in [6.07, 6.45) is 2.37. The van der Waals surface area contributed by atoms with Crippen LogP contribution in [-0.2, 0) is 14.3 Å². The van der Waals surface area contributed by atoms with Gasteiger partial charge in [-0.15, -0.1) is 0 Å². The minimum Gasteiger partial charge on any atom is -0.497 e. The Morgan fingerprint density at radius 1 is 1.35 bits per heavy atom.